The van der Waals surface area contributed by atoms with Crippen LogP contribution in [0.2, 0.25) is 10.0 Å². The molecule has 1 unspecified atom stereocenters. The first-order valence-corrected chi connectivity index (χ1v) is 8.50. The second-order valence-corrected chi connectivity index (χ2v) is 6.95. The molecule has 2 amide bonds. The Labute approximate surface area is 147 Å². The molecule has 1 aromatic rings. The van der Waals surface area contributed by atoms with Crippen LogP contribution in [0.1, 0.15) is 12.5 Å². The topological polar surface area (TPSA) is 86.7 Å². The minimum absolute atomic E-state index is 0.142. The van der Waals surface area contributed by atoms with Gasteiger partial charge in [0, 0.05) is 0 Å². The number of nitrogens with one attached hydrogen (secondary N) is 1. The predicted octanol–water partition coefficient (Wildman–Crippen LogP) is 1.94. The summed E-state index contributed by atoms with van der Waals surface area (Å²) in [6.07, 6.45) is 0. The van der Waals surface area contributed by atoms with Crippen LogP contribution in [0.25, 0.3) is 0 Å². The first-order chi connectivity index (χ1) is 10.7. The van der Waals surface area contributed by atoms with Crippen molar-refractivity contribution in [1.29, 1.82) is 0 Å². The number of halogens is 2. The Morgan fingerprint density at radius 3 is 2.61 bits per heavy atom. The summed E-state index contributed by atoms with van der Waals surface area (Å²) in [7, 11) is 0. The van der Waals surface area contributed by atoms with E-state index in [9.17, 15) is 19.5 Å². The summed E-state index contributed by atoms with van der Waals surface area (Å²) in [6.45, 7) is 1.17. The standard InChI is InChI=1S/C14H14Cl2N2O4S/c1-14(13(21)22,8-2-3-9(15)10(16)4-8)17-11(19)5-18-7-23-6-12(18)20/h2-4H,5-7H2,1H3,(H,17,19)(H,21,22). The van der Waals surface area contributed by atoms with Gasteiger partial charge in [0.1, 0.15) is 6.54 Å². The fraction of sp³-hybridized carbons (Fsp3) is 0.357. The monoisotopic (exact) mass is 376 g/mol. The van der Waals surface area contributed by atoms with E-state index < -0.39 is 17.4 Å². The van der Waals surface area contributed by atoms with Crippen LogP contribution in [0.15, 0.2) is 18.2 Å². The number of thioether (sulfide) groups is 1. The molecule has 1 atom stereocenters. The summed E-state index contributed by atoms with van der Waals surface area (Å²) in [4.78, 5) is 36.7. The maximum absolute atomic E-state index is 12.2. The molecule has 6 nitrogen and oxygen atoms in total. The van der Waals surface area contributed by atoms with Crippen molar-refractivity contribution in [2.24, 2.45) is 0 Å². The molecule has 0 spiro atoms. The van der Waals surface area contributed by atoms with Gasteiger partial charge >= 0.3 is 5.97 Å². The Morgan fingerprint density at radius 2 is 2.09 bits per heavy atom. The molecule has 2 rings (SSSR count). The Balaban J connectivity index is 2.19. The molecule has 1 aliphatic rings. The van der Waals surface area contributed by atoms with Crippen molar-refractivity contribution < 1.29 is 19.5 Å². The van der Waals surface area contributed by atoms with Crippen molar-refractivity contribution in [1.82, 2.24) is 10.2 Å². The lowest BCUT2D eigenvalue weighted by atomic mass is 9.92. The molecule has 1 heterocycles. The highest BCUT2D eigenvalue weighted by atomic mass is 35.5. The van der Waals surface area contributed by atoms with Crippen LogP contribution in [0.4, 0.5) is 0 Å². The minimum Gasteiger partial charge on any atom is -0.479 e. The van der Waals surface area contributed by atoms with Gasteiger partial charge in [-0.3, -0.25) is 9.59 Å². The molecule has 1 saturated heterocycles. The van der Waals surface area contributed by atoms with Gasteiger partial charge in [0.05, 0.1) is 21.7 Å². The van der Waals surface area contributed by atoms with Crippen molar-refractivity contribution in [2.45, 2.75) is 12.5 Å². The van der Waals surface area contributed by atoms with Crippen LogP contribution < -0.4 is 5.32 Å². The molecule has 0 radical (unpaired) electrons. The lowest BCUT2D eigenvalue weighted by Gasteiger charge is -2.28. The van der Waals surface area contributed by atoms with Gasteiger partial charge in [-0.2, -0.15) is 0 Å². The zero-order valence-corrected chi connectivity index (χ0v) is 14.5. The number of carbonyl (C=O) groups is 3. The molecule has 0 bridgehead atoms. The maximum Gasteiger partial charge on any atom is 0.333 e. The molecule has 23 heavy (non-hydrogen) atoms. The SMILES string of the molecule is CC(NC(=O)CN1CSCC1=O)(C(=O)O)c1ccc(Cl)c(Cl)c1. The van der Waals surface area contributed by atoms with E-state index >= 15 is 0 Å². The van der Waals surface area contributed by atoms with Gasteiger partial charge in [-0.1, -0.05) is 29.3 Å². The van der Waals surface area contributed by atoms with Gasteiger partial charge in [0.15, 0.2) is 5.54 Å². The molecular formula is C14H14Cl2N2O4S. The lowest BCUT2D eigenvalue weighted by molar-refractivity contribution is -0.147. The summed E-state index contributed by atoms with van der Waals surface area (Å²) in [5, 5.41) is 12.5. The van der Waals surface area contributed by atoms with E-state index in [1.54, 1.807) is 0 Å². The van der Waals surface area contributed by atoms with Crippen LogP contribution in [0.5, 0.6) is 0 Å². The van der Waals surface area contributed by atoms with E-state index in [1.165, 1.54) is 41.8 Å². The Bertz CT molecular complexity index is 670. The molecule has 1 aliphatic heterocycles. The summed E-state index contributed by atoms with van der Waals surface area (Å²) >= 11 is 13.2. The second kappa shape index (κ2) is 6.98. The van der Waals surface area contributed by atoms with Gasteiger partial charge in [0.2, 0.25) is 11.8 Å². The van der Waals surface area contributed by atoms with E-state index in [0.29, 0.717) is 11.6 Å². The van der Waals surface area contributed by atoms with Crippen LogP contribution in [-0.2, 0) is 19.9 Å². The first kappa shape index (κ1) is 17.9. The van der Waals surface area contributed by atoms with Crippen LogP contribution in [0.3, 0.4) is 0 Å². The fourth-order valence-corrected chi connectivity index (χ4v) is 3.29. The molecule has 0 saturated carbocycles. The minimum atomic E-state index is -1.68. The zero-order chi connectivity index (χ0) is 17.2. The number of carboxylic acids is 1. The van der Waals surface area contributed by atoms with Crippen LogP contribution in [-0.4, -0.2) is 46.0 Å². The van der Waals surface area contributed by atoms with Crippen molar-refractivity contribution >= 4 is 52.7 Å². The number of benzene rings is 1. The largest absolute Gasteiger partial charge is 0.479 e. The third-order valence-electron chi connectivity index (χ3n) is 3.47. The smallest absolute Gasteiger partial charge is 0.333 e. The molecule has 0 aliphatic carbocycles. The number of rotatable bonds is 5. The summed E-state index contributed by atoms with van der Waals surface area (Å²) in [5.74, 6) is -1.20. The highest BCUT2D eigenvalue weighted by Crippen LogP contribution is 2.29. The summed E-state index contributed by atoms with van der Waals surface area (Å²) < 4.78 is 0. The summed E-state index contributed by atoms with van der Waals surface area (Å²) in [6, 6.07) is 4.35. The first-order valence-electron chi connectivity index (χ1n) is 6.59. The van der Waals surface area contributed by atoms with Gasteiger partial charge in [-0.25, -0.2) is 4.79 Å². The molecular weight excluding hydrogens is 363 g/mol. The third-order valence-corrected chi connectivity index (χ3v) is 5.16. The predicted molar refractivity (Wildman–Crippen MR) is 88.6 cm³/mol. The van der Waals surface area contributed by atoms with Crippen molar-refractivity contribution in [2.75, 3.05) is 18.2 Å². The average Bonchev–Trinajstić information content (AvgIpc) is 2.86. The number of hydrogen-bond donors (Lipinski definition) is 2. The Morgan fingerprint density at radius 1 is 1.39 bits per heavy atom. The van der Waals surface area contributed by atoms with E-state index in [2.05, 4.69) is 5.32 Å². The number of nitrogens with zero attached hydrogens (tertiary/aromatic N) is 1. The van der Waals surface area contributed by atoms with Crippen molar-refractivity contribution in [3.63, 3.8) is 0 Å². The molecule has 0 aromatic heterocycles. The van der Waals surface area contributed by atoms with E-state index in [1.807, 2.05) is 0 Å². The third kappa shape index (κ3) is 3.91. The van der Waals surface area contributed by atoms with Crippen molar-refractivity contribution in [3.8, 4) is 0 Å². The van der Waals surface area contributed by atoms with E-state index in [0.717, 1.165) is 0 Å². The van der Waals surface area contributed by atoms with E-state index in [-0.39, 0.29) is 28.1 Å². The quantitative estimate of drug-likeness (QED) is 0.819. The second-order valence-electron chi connectivity index (χ2n) is 5.18. The highest BCUT2D eigenvalue weighted by Gasteiger charge is 2.38. The van der Waals surface area contributed by atoms with Gasteiger partial charge in [-0.15, -0.1) is 11.8 Å². The highest BCUT2D eigenvalue weighted by molar-refractivity contribution is 8.00. The molecule has 1 fully saturated rings. The number of amides is 2. The number of aliphatic carboxylic acids is 1. The zero-order valence-electron chi connectivity index (χ0n) is 12.1. The lowest BCUT2D eigenvalue weighted by Crippen LogP contribution is -2.52. The van der Waals surface area contributed by atoms with Crippen LogP contribution >= 0.6 is 35.0 Å². The molecule has 9 heteroatoms. The van der Waals surface area contributed by atoms with Crippen molar-refractivity contribution in [3.05, 3.63) is 33.8 Å². The fourth-order valence-electron chi connectivity index (χ4n) is 2.09. The average molecular weight is 377 g/mol. The van der Waals surface area contributed by atoms with Crippen LogP contribution in [0, 0.1) is 0 Å². The van der Waals surface area contributed by atoms with E-state index in [4.69, 9.17) is 23.2 Å². The molecule has 124 valence electrons. The van der Waals surface area contributed by atoms with Gasteiger partial charge < -0.3 is 15.3 Å². The number of carboxylic acid groups (broad SMARTS) is 1. The molecule has 2 N–H and O–H groups in total. The normalized spacial score (nSPS) is 17.0. The number of hydrogen-bond acceptors (Lipinski definition) is 4. The Hall–Kier alpha value is -1.44. The maximum atomic E-state index is 12.2. The van der Waals surface area contributed by atoms with Gasteiger partial charge in [-0.05, 0) is 24.6 Å². The molecule has 1 aromatic carbocycles. The number of carbonyl (C=O) groups excluding carboxylic acids is 2. The Kier molecular flexibility index (Phi) is 5.44. The van der Waals surface area contributed by atoms with Gasteiger partial charge in [0.25, 0.3) is 0 Å². The summed E-state index contributed by atoms with van der Waals surface area (Å²) in [5.41, 5.74) is -1.39.